The molecule has 34 heavy (non-hydrogen) atoms. The summed E-state index contributed by atoms with van der Waals surface area (Å²) in [6.45, 7) is 6.70. The first-order chi connectivity index (χ1) is 16.4. The van der Waals surface area contributed by atoms with Crippen molar-refractivity contribution in [3.8, 4) is 11.1 Å². The largest absolute Gasteiger partial charge is 0.382 e. The third-order valence-corrected chi connectivity index (χ3v) is 6.74. The Kier molecular flexibility index (Phi) is 7.56. The maximum Gasteiger partial charge on any atom is 0.174 e. The summed E-state index contributed by atoms with van der Waals surface area (Å²) < 4.78 is 4.24. The Hall–Kier alpha value is -3.27. The van der Waals surface area contributed by atoms with Gasteiger partial charge < -0.3 is 10.7 Å². The van der Waals surface area contributed by atoms with Crippen molar-refractivity contribution in [1.29, 1.82) is 0 Å². The second-order valence-electron chi connectivity index (χ2n) is 8.54. The lowest BCUT2D eigenvalue weighted by Gasteiger charge is -2.17. The molecule has 7 nitrogen and oxygen atoms in total. The molecule has 0 aliphatic heterocycles. The number of pyridine rings is 1. The minimum Gasteiger partial charge on any atom is -0.382 e. The van der Waals surface area contributed by atoms with Gasteiger partial charge in [0, 0.05) is 28.9 Å². The van der Waals surface area contributed by atoms with Crippen LogP contribution in [0.25, 0.3) is 11.1 Å². The van der Waals surface area contributed by atoms with E-state index in [4.69, 9.17) is 15.7 Å². The minimum absolute atomic E-state index is 0.0249. The first-order valence-electron chi connectivity index (χ1n) is 10.8. The SMILES string of the molecule is CC(C)(C)NSc1nc(C(N)=NC(=NCc2ccccn2)c2[nH]ccc2-c2ccccc2)cs1. The molecule has 0 amide bonds. The van der Waals surface area contributed by atoms with E-state index in [0.717, 1.165) is 26.9 Å². The van der Waals surface area contributed by atoms with Gasteiger partial charge in [-0.25, -0.2) is 9.98 Å². The molecule has 0 spiro atoms. The van der Waals surface area contributed by atoms with Crippen LogP contribution < -0.4 is 10.5 Å². The number of aromatic nitrogens is 3. The molecule has 4 aromatic rings. The van der Waals surface area contributed by atoms with E-state index < -0.39 is 0 Å². The van der Waals surface area contributed by atoms with Crippen molar-refractivity contribution in [2.24, 2.45) is 15.7 Å². The Morgan fingerprint density at radius 2 is 1.91 bits per heavy atom. The van der Waals surface area contributed by atoms with Crippen LogP contribution in [-0.4, -0.2) is 32.2 Å². The highest BCUT2D eigenvalue weighted by Crippen LogP contribution is 2.25. The number of nitrogens with zero attached hydrogens (tertiary/aromatic N) is 4. The van der Waals surface area contributed by atoms with Gasteiger partial charge in [-0.3, -0.25) is 14.7 Å². The molecule has 174 valence electrons. The topological polar surface area (TPSA) is 104 Å². The van der Waals surface area contributed by atoms with Gasteiger partial charge in [0.2, 0.25) is 0 Å². The summed E-state index contributed by atoms with van der Waals surface area (Å²) >= 11 is 3.02. The fourth-order valence-electron chi connectivity index (χ4n) is 3.02. The predicted molar refractivity (Wildman–Crippen MR) is 142 cm³/mol. The Morgan fingerprint density at radius 3 is 2.65 bits per heavy atom. The standard InChI is InChI=1S/C25H27N7S2/c1-25(2,3)32-34-24-30-20(16-33-24)22(26)31-23(29-15-18-11-7-8-13-27-18)21-19(12-14-28-21)17-9-5-4-6-10-17/h4-14,16,28,32H,15H2,1-3H3,(H2,26,29,31). The van der Waals surface area contributed by atoms with Gasteiger partial charge in [0.1, 0.15) is 5.69 Å². The van der Waals surface area contributed by atoms with E-state index in [1.54, 1.807) is 6.20 Å². The van der Waals surface area contributed by atoms with Crippen molar-refractivity contribution >= 4 is 35.0 Å². The van der Waals surface area contributed by atoms with Gasteiger partial charge in [-0.1, -0.05) is 36.4 Å². The molecule has 3 aromatic heterocycles. The summed E-state index contributed by atoms with van der Waals surface area (Å²) in [5.74, 6) is 0.814. The Morgan fingerprint density at radius 1 is 1.12 bits per heavy atom. The fraction of sp³-hybridized carbons (Fsp3) is 0.200. The third-order valence-electron chi connectivity index (χ3n) is 4.59. The third kappa shape index (κ3) is 6.40. The van der Waals surface area contributed by atoms with E-state index in [1.807, 2.05) is 54.0 Å². The monoisotopic (exact) mass is 489 g/mol. The highest BCUT2D eigenvalue weighted by molar-refractivity contribution is 7.99. The van der Waals surface area contributed by atoms with Crippen LogP contribution in [0.4, 0.5) is 0 Å². The smallest absolute Gasteiger partial charge is 0.174 e. The van der Waals surface area contributed by atoms with E-state index in [1.165, 1.54) is 23.3 Å². The van der Waals surface area contributed by atoms with Crippen LogP contribution in [-0.2, 0) is 6.54 Å². The van der Waals surface area contributed by atoms with Crippen molar-refractivity contribution in [1.82, 2.24) is 19.7 Å². The number of thiazole rings is 1. The number of benzene rings is 1. The number of rotatable bonds is 7. The van der Waals surface area contributed by atoms with Gasteiger partial charge in [0.15, 0.2) is 16.0 Å². The van der Waals surface area contributed by atoms with Crippen LogP contribution in [0.1, 0.15) is 37.9 Å². The van der Waals surface area contributed by atoms with Crippen molar-refractivity contribution in [2.75, 3.05) is 0 Å². The summed E-state index contributed by atoms with van der Waals surface area (Å²) in [5, 5.41) is 1.91. The van der Waals surface area contributed by atoms with Gasteiger partial charge in [-0.15, -0.1) is 11.3 Å². The number of nitrogens with two attached hydrogens (primary N) is 1. The molecule has 4 rings (SSSR count). The lowest BCUT2D eigenvalue weighted by atomic mass is 10.1. The Balaban J connectivity index is 1.66. The maximum absolute atomic E-state index is 6.41. The number of nitrogens with one attached hydrogen (secondary N) is 2. The second kappa shape index (κ2) is 10.8. The summed E-state index contributed by atoms with van der Waals surface area (Å²) in [6, 6.07) is 17.9. The molecule has 0 aliphatic rings. The lowest BCUT2D eigenvalue weighted by Crippen LogP contribution is -2.29. The Labute approximate surface area is 207 Å². The van der Waals surface area contributed by atoms with Crippen molar-refractivity contribution < 1.29 is 0 Å². The number of amidine groups is 2. The molecule has 0 saturated carbocycles. The zero-order valence-corrected chi connectivity index (χ0v) is 21.0. The van der Waals surface area contributed by atoms with Crippen LogP contribution in [0, 0.1) is 0 Å². The van der Waals surface area contributed by atoms with Crippen LogP contribution >= 0.6 is 23.3 Å². The van der Waals surface area contributed by atoms with Crippen LogP contribution in [0.5, 0.6) is 0 Å². The molecule has 4 N–H and O–H groups in total. The molecule has 0 bridgehead atoms. The average molecular weight is 490 g/mol. The van der Waals surface area contributed by atoms with Crippen molar-refractivity contribution in [2.45, 2.75) is 37.2 Å². The normalized spacial score (nSPS) is 12.8. The van der Waals surface area contributed by atoms with Gasteiger partial charge in [-0.05, 0) is 56.5 Å². The summed E-state index contributed by atoms with van der Waals surface area (Å²) in [4.78, 5) is 21.8. The van der Waals surface area contributed by atoms with Gasteiger partial charge in [0.25, 0.3) is 0 Å². The molecule has 1 aromatic carbocycles. The minimum atomic E-state index is -0.0249. The average Bonchev–Trinajstić information content (AvgIpc) is 3.51. The van der Waals surface area contributed by atoms with E-state index in [2.05, 4.69) is 52.6 Å². The highest BCUT2D eigenvalue weighted by Gasteiger charge is 2.16. The number of hydrogen-bond acceptors (Lipinski definition) is 6. The zero-order valence-electron chi connectivity index (χ0n) is 19.3. The molecule has 0 aliphatic carbocycles. The fourth-order valence-corrected chi connectivity index (χ4v) is 4.56. The van der Waals surface area contributed by atoms with Gasteiger partial charge in [-0.2, -0.15) is 0 Å². The molecular formula is C25H27N7S2. The Bertz CT molecular complexity index is 1270. The van der Waals surface area contributed by atoms with Crippen LogP contribution in [0.2, 0.25) is 0 Å². The molecule has 0 fully saturated rings. The maximum atomic E-state index is 6.41. The zero-order chi connectivity index (χ0) is 24.0. The van der Waals surface area contributed by atoms with Gasteiger partial charge in [0.05, 0.1) is 17.9 Å². The molecule has 0 radical (unpaired) electrons. The number of aliphatic imine (C=N–C) groups is 2. The lowest BCUT2D eigenvalue weighted by molar-refractivity contribution is 0.535. The molecule has 0 saturated heterocycles. The molecule has 9 heteroatoms. The number of aromatic amines is 1. The predicted octanol–water partition coefficient (Wildman–Crippen LogP) is 5.28. The van der Waals surface area contributed by atoms with E-state index in [9.17, 15) is 0 Å². The van der Waals surface area contributed by atoms with Crippen molar-refractivity contribution in [3.63, 3.8) is 0 Å². The van der Waals surface area contributed by atoms with Crippen LogP contribution in [0.15, 0.2) is 86.7 Å². The molecule has 0 unspecified atom stereocenters. The summed E-state index contributed by atoms with van der Waals surface area (Å²) in [6.07, 6.45) is 3.64. The number of H-pyrrole nitrogens is 1. The molecule has 3 heterocycles. The number of hydrogen-bond donors (Lipinski definition) is 3. The quantitative estimate of drug-likeness (QED) is 0.186. The van der Waals surface area contributed by atoms with Gasteiger partial charge >= 0.3 is 0 Å². The summed E-state index contributed by atoms with van der Waals surface area (Å²) in [7, 11) is 0. The van der Waals surface area contributed by atoms with Crippen molar-refractivity contribution in [3.05, 3.63) is 89.5 Å². The van der Waals surface area contributed by atoms with E-state index in [0.29, 0.717) is 23.9 Å². The van der Waals surface area contributed by atoms with Crippen LogP contribution in [0.3, 0.4) is 0 Å². The molecular weight excluding hydrogens is 462 g/mol. The van der Waals surface area contributed by atoms with E-state index >= 15 is 0 Å². The van der Waals surface area contributed by atoms with E-state index in [-0.39, 0.29) is 5.54 Å². The summed E-state index contributed by atoms with van der Waals surface area (Å²) in [5.41, 5.74) is 10.7. The molecule has 0 atom stereocenters. The first kappa shape index (κ1) is 23.9. The second-order valence-corrected chi connectivity index (χ2v) is 10.5. The highest BCUT2D eigenvalue weighted by atomic mass is 32.2. The first-order valence-corrected chi connectivity index (χ1v) is 12.5.